The maximum atomic E-state index is 2.27. The first-order valence-electron chi connectivity index (χ1n) is 4.06. The van der Waals surface area contributed by atoms with Crippen molar-refractivity contribution < 1.29 is 4.24 Å². The van der Waals surface area contributed by atoms with E-state index >= 15 is 0 Å². The summed E-state index contributed by atoms with van der Waals surface area (Å²) in [7, 11) is 2.88. The minimum atomic E-state index is 0.755. The van der Waals surface area contributed by atoms with Crippen LogP contribution in [-0.4, -0.2) is 26.7 Å². The van der Waals surface area contributed by atoms with Gasteiger partial charge in [0.1, 0.15) is 12.8 Å². The maximum Gasteiger partial charge on any atom is 0.523 e. The lowest BCUT2D eigenvalue weighted by Gasteiger charge is -1.95. The maximum absolute atomic E-state index is 2.27. The first kappa shape index (κ1) is 9.20. The van der Waals surface area contributed by atoms with Crippen molar-refractivity contribution in [2.45, 2.75) is 13.8 Å². The molecule has 0 N–H and O–H groups in total. The lowest BCUT2D eigenvalue weighted by molar-refractivity contribution is -0.341. The molecule has 0 aliphatic heterocycles. The van der Waals surface area contributed by atoms with Crippen LogP contribution in [0.5, 0.6) is 0 Å². The summed E-state index contributed by atoms with van der Waals surface area (Å²) in [6.45, 7) is 4.27. The molecule has 12 heavy (non-hydrogen) atoms. The third-order valence-corrected chi connectivity index (χ3v) is 3.12. The van der Waals surface area contributed by atoms with E-state index in [4.69, 9.17) is 0 Å². The van der Waals surface area contributed by atoms with E-state index in [-0.39, 0.29) is 0 Å². The van der Waals surface area contributed by atoms with Gasteiger partial charge in [-0.25, -0.2) is 0 Å². The monoisotopic (exact) mass is 176 g/mol. The molecule has 0 aliphatic carbocycles. The van der Waals surface area contributed by atoms with Crippen molar-refractivity contribution in [3.8, 4) is 0 Å². The van der Waals surface area contributed by atoms with Crippen molar-refractivity contribution in [1.82, 2.24) is 0 Å². The van der Waals surface area contributed by atoms with Gasteiger partial charge >= 0.3 is 9.68 Å². The SMILES string of the molecule is CC(C)=[N+](C)[Si]c1ccccc1. The summed E-state index contributed by atoms with van der Waals surface area (Å²) < 4.78 is 2.27. The van der Waals surface area contributed by atoms with Crippen LogP contribution in [0.15, 0.2) is 30.3 Å². The van der Waals surface area contributed by atoms with Gasteiger partial charge in [-0.05, 0) is 0 Å². The second-order valence-electron chi connectivity index (χ2n) is 2.98. The fourth-order valence-corrected chi connectivity index (χ4v) is 1.77. The van der Waals surface area contributed by atoms with Gasteiger partial charge in [0.15, 0.2) is 0 Å². The van der Waals surface area contributed by atoms with Crippen LogP contribution in [0.2, 0.25) is 0 Å². The van der Waals surface area contributed by atoms with Crippen molar-refractivity contribution >= 4 is 20.6 Å². The van der Waals surface area contributed by atoms with Crippen molar-refractivity contribution in [2.75, 3.05) is 7.05 Å². The molecule has 1 nitrogen and oxygen atoms in total. The van der Waals surface area contributed by atoms with Crippen molar-refractivity contribution in [1.29, 1.82) is 0 Å². The molecule has 1 aromatic rings. The minimum Gasteiger partial charge on any atom is -0.306 e. The zero-order chi connectivity index (χ0) is 8.97. The van der Waals surface area contributed by atoms with Crippen LogP contribution < -0.4 is 5.19 Å². The largest absolute Gasteiger partial charge is 0.523 e. The molecule has 62 valence electrons. The highest BCUT2D eigenvalue weighted by molar-refractivity contribution is 6.46. The number of nitrogens with zero attached hydrogens (tertiary/aromatic N) is 1. The Bertz CT molecular complexity index is 273. The van der Waals surface area contributed by atoms with Crippen LogP contribution in [-0.2, 0) is 0 Å². The van der Waals surface area contributed by atoms with Crippen molar-refractivity contribution in [3.63, 3.8) is 0 Å². The molecule has 0 amide bonds. The summed E-state index contributed by atoms with van der Waals surface area (Å²) in [6.07, 6.45) is 0. The molecule has 0 bridgehead atoms. The standard InChI is InChI=1S/C10H14NSi/c1-9(2)11(3)12-10-7-5-4-6-8-10/h4-8H,1-3H3/q+1. The minimum absolute atomic E-state index is 0.755. The number of hydrogen-bond acceptors (Lipinski definition) is 0. The number of rotatable bonds is 2. The van der Waals surface area contributed by atoms with Crippen molar-refractivity contribution in [2.24, 2.45) is 0 Å². The molecule has 0 atom stereocenters. The van der Waals surface area contributed by atoms with Gasteiger partial charge in [0, 0.05) is 19.0 Å². The summed E-state index contributed by atoms with van der Waals surface area (Å²) in [5, 5.41) is 1.39. The third-order valence-electron chi connectivity index (χ3n) is 1.74. The Morgan fingerprint density at radius 3 is 2.25 bits per heavy atom. The molecule has 0 heterocycles. The molecule has 0 fully saturated rings. The molecule has 0 spiro atoms. The predicted molar refractivity (Wildman–Crippen MR) is 54.4 cm³/mol. The van der Waals surface area contributed by atoms with Gasteiger partial charge in [-0.2, -0.15) is 0 Å². The average Bonchev–Trinajstić information content (AvgIpc) is 2.06. The molecule has 1 aromatic carbocycles. The summed E-state index contributed by atoms with van der Waals surface area (Å²) in [6, 6.07) is 10.6. The van der Waals surface area contributed by atoms with Crippen LogP contribution in [0.3, 0.4) is 0 Å². The highest BCUT2D eigenvalue weighted by Crippen LogP contribution is 1.81. The van der Waals surface area contributed by atoms with E-state index in [9.17, 15) is 0 Å². The zero-order valence-electron chi connectivity index (χ0n) is 7.83. The Morgan fingerprint density at radius 1 is 1.17 bits per heavy atom. The fraction of sp³-hybridized carbons (Fsp3) is 0.300. The molecule has 0 aromatic heterocycles. The molecule has 0 unspecified atom stereocenters. The summed E-state index contributed by atoms with van der Waals surface area (Å²) in [5.74, 6) is 0. The normalized spacial score (nSPS) is 9.58. The van der Waals surface area contributed by atoms with Gasteiger partial charge in [-0.15, -0.1) is 0 Å². The first-order valence-corrected chi connectivity index (χ1v) is 5.00. The van der Waals surface area contributed by atoms with Crippen LogP contribution in [0.4, 0.5) is 0 Å². The van der Waals surface area contributed by atoms with Crippen LogP contribution in [0, 0.1) is 0 Å². The van der Waals surface area contributed by atoms with E-state index in [1.165, 1.54) is 10.9 Å². The van der Waals surface area contributed by atoms with Gasteiger partial charge in [0.05, 0.1) is 0 Å². The van der Waals surface area contributed by atoms with Gasteiger partial charge in [0.25, 0.3) is 0 Å². The molecular weight excluding hydrogens is 162 g/mol. The Morgan fingerprint density at radius 2 is 1.75 bits per heavy atom. The topological polar surface area (TPSA) is 3.01 Å². The van der Waals surface area contributed by atoms with Crippen LogP contribution >= 0.6 is 0 Å². The Kier molecular flexibility index (Phi) is 3.23. The highest BCUT2D eigenvalue weighted by atomic mass is 28.2. The van der Waals surface area contributed by atoms with Gasteiger partial charge in [-0.1, -0.05) is 30.3 Å². The van der Waals surface area contributed by atoms with E-state index in [0.717, 1.165) is 9.68 Å². The quantitative estimate of drug-likeness (QED) is 0.468. The average molecular weight is 176 g/mol. The van der Waals surface area contributed by atoms with E-state index < -0.39 is 0 Å². The zero-order valence-corrected chi connectivity index (χ0v) is 8.83. The third kappa shape index (κ3) is 2.62. The summed E-state index contributed by atoms with van der Waals surface area (Å²) >= 11 is 0. The lowest BCUT2D eigenvalue weighted by Crippen LogP contribution is -2.27. The molecule has 0 aliphatic rings. The second-order valence-corrected chi connectivity index (χ2v) is 4.46. The lowest BCUT2D eigenvalue weighted by atomic mass is 10.4. The van der Waals surface area contributed by atoms with E-state index in [2.05, 4.69) is 55.5 Å². The molecule has 2 radical (unpaired) electrons. The number of benzene rings is 1. The van der Waals surface area contributed by atoms with E-state index in [0.29, 0.717) is 0 Å². The van der Waals surface area contributed by atoms with E-state index in [1.54, 1.807) is 0 Å². The predicted octanol–water partition coefficient (Wildman–Crippen LogP) is 1.05. The van der Waals surface area contributed by atoms with Crippen molar-refractivity contribution in [3.05, 3.63) is 30.3 Å². The highest BCUT2D eigenvalue weighted by Gasteiger charge is 2.07. The Hall–Kier alpha value is -0.893. The molecule has 0 saturated carbocycles. The van der Waals surface area contributed by atoms with Gasteiger partial charge in [0.2, 0.25) is 0 Å². The van der Waals surface area contributed by atoms with Gasteiger partial charge < -0.3 is 4.24 Å². The van der Waals surface area contributed by atoms with E-state index in [1.807, 2.05) is 0 Å². The fourth-order valence-electron chi connectivity index (χ4n) is 0.818. The Labute approximate surface area is 76.7 Å². The Balaban J connectivity index is 2.72. The smallest absolute Gasteiger partial charge is 0.306 e. The molecule has 0 saturated heterocycles. The molecule has 2 heteroatoms. The van der Waals surface area contributed by atoms with Gasteiger partial charge in [-0.3, -0.25) is 0 Å². The first-order chi connectivity index (χ1) is 5.70. The number of hydrogen-bond donors (Lipinski definition) is 0. The van der Waals surface area contributed by atoms with Crippen LogP contribution in [0.25, 0.3) is 0 Å². The summed E-state index contributed by atoms with van der Waals surface area (Å²) in [5.41, 5.74) is 1.36. The molecule has 1 rings (SSSR count). The molecular formula is C10H14NSi+. The van der Waals surface area contributed by atoms with Crippen LogP contribution in [0.1, 0.15) is 13.8 Å². The second kappa shape index (κ2) is 4.21. The summed E-state index contributed by atoms with van der Waals surface area (Å²) in [4.78, 5) is 0.